The van der Waals surface area contributed by atoms with Gasteiger partial charge >= 0.3 is 0 Å². The van der Waals surface area contributed by atoms with E-state index in [1.807, 2.05) is 23.6 Å². The van der Waals surface area contributed by atoms with Crippen LogP contribution in [0.1, 0.15) is 25.6 Å². The molecule has 0 atom stereocenters. The van der Waals surface area contributed by atoms with Crippen LogP contribution in [-0.4, -0.2) is 22.9 Å². The van der Waals surface area contributed by atoms with Crippen molar-refractivity contribution in [1.82, 2.24) is 4.57 Å². The van der Waals surface area contributed by atoms with E-state index in [0.29, 0.717) is 17.1 Å². The van der Waals surface area contributed by atoms with E-state index in [1.54, 1.807) is 36.3 Å². The summed E-state index contributed by atoms with van der Waals surface area (Å²) in [4.78, 5) is 39.7. The van der Waals surface area contributed by atoms with Crippen molar-refractivity contribution in [1.29, 1.82) is 0 Å². The van der Waals surface area contributed by atoms with Crippen molar-refractivity contribution in [3.05, 3.63) is 80.4 Å². The lowest BCUT2D eigenvalue weighted by Crippen LogP contribution is -2.28. The molecule has 1 N–H and O–H groups in total. The van der Waals surface area contributed by atoms with Crippen LogP contribution in [0.2, 0.25) is 0 Å². The van der Waals surface area contributed by atoms with Crippen molar-refractivity contribution in [2.75, 3.05) is 16.8 Å². The Labute approximate surface area is 159 Å². The molecule has 1 aromatic carbocycles. The Balaban J connectivity index is 1.60. The molecule has 136 valence electrons. The summed E-state index contributed by atoms with van der Waals surface area (Å²) in [6, 6.07) is 12.3. The Hall–Kier alpha value is -3.19. The average molecular weight is 379 g/mol. The maximum Gasteiger partial charge on any atom is 0.268 e. The van der Waals surface area contributed by atoms with Gasteiger partial charge in [-0.15, -0.1) is 11.3 Å². The quantitative estimate of drug-likeness (QED) is 0.761. The van der Waals surface area contributed by atoms with Crippen LogP contribution in [0.15, 0.2) is 58.8 Å². The van der Waals surface area contributed by atoms with Gasteiger partial charge in [-0.1, -0.05) is 12.1 Å². The van der Waals surface area contributed by atoms with E-state index in [0.717, 1.165) is 17.7 Å². The first kappa shape index (κ1) is 17.2. The SMILES string of the molecule is Cn1cccc(C(=O)Nc2ccc3c(c2)N(C(=O)c2cccs2)CC3)c1=O. The highest BCUT2D eigenvalue weighted by Gasteiger charge is 2.26. The molecule has 1 aliphatic heterocycles. The summed E-state index contributed by atoms with van der Waals surface area (Å²) in [5.74, 6) is -0.505. The van der Waals surface area contributed by atoms with E-state index in [1.165, 1.54) is 22.0 Å². The molecule has 4 rings (SSSR count). The van der Waals surface area contributed by atoms with Crippen LogP contribution >= 0.6 is 11.3 Å². The van der Waals surface area contributed by atoms with E-state index < -0.39 is 5.91 Å². The van der Waals surface area contributed by atoms with Crippen LogP contribution < -0.4 is 15.8 Å². The van der Waals surface area contributed by atoms with Crippen molar-refractivity contribution in [2.24, 2.45) is 7.05 Å². The van der Waals surface area contributed by atoms with Gasteiger partial charge in [-0.25, -0.2) is 0 Å². The normalized spacial score (nSPS) is 12.7. The summed E-state index contributed by atoms with van der Waals surface area (Å²) < 4.78 is 1.36. The van der Waals surface area contributed by atoms with Gasteiger partial charge in [-0.2, -0.15) is 0 Å². The largest absolute Gasteiger partial charge is 0.322 e. The standard InChI is InChI=1S/C20H17N3O3S/c1-22-9-2-4-15(19(22)25)18(24)21-14-7-6-13-8-10-23(16(13)12-14)20(26)17-5-3-11-27-17/h2-7,9,11-12H,8,10H2,1H3,(H,21,24). The van der Waals surface area contributed by atoms with Gasteiger partial charge in [-0.05, 0) is 47.7 Å². The predicted molar refractivity (Wildman–Crippen MR) is 106 cm³/mol. The fourth-order valence-corrected chi connectivity index (χ4v) is 3.84. The van der Waals surface area contributed by atoms with Crippen molar-refractivity contribution in [3.63, 3.8) is 0 Å². The number of benzene rings is 1. The van der Waals surface area contributed by atoms with E-state index in [4.69, 9.17) is 0 Å². The highest BCUT2D eigenvalue weighted by Crippen LogP contribution is 2.32. The number of rotatable bonds is 3. The van der Waals surface area contributed by atoms with Crippen molar-refractivity contribution >= 4 is 34.5 Å². The molecule has 0 spiro atoms. The van der Waals surface area contributed by atoms with Crippen molar-refractivity contribution in [3.8, 4) is 0 Å². The topological polar surface area (TPSA) is 71.4 Å². The lowest BCUT2D eigenvalue weighted by atomic mass is 10.1. The highest BCUT2D eigenvalue weighted by molar-refractivity contribution is 7.12. The molecule has 7 heteroatoms. The van der Waals surface area contributed by atoms with Crippen LogP contribution in [0.4, 0.5) is 11.4 Å². The molecule has 27 heavy (non-hydrogen) atoms. The Morgan fingerprint density at radius 3 is 2.78 bits per heavy atom. The number of carbonyl (C=O) groups is 2. The predicted octanol–water partition coefficient (Wildman–Crippen LogP) is 2.90. The second kappa shape index (κ2) is 6.85. The highest BCUT2D eigenvalue weighted by atomic mass is 32.1. The van der Waals surface area contributed by atoms with E-state index in [2.05, 4.69) is 5.32 Å². The Morgan fingerprint density at radius 2 is 2.00 bits per heavy atom. The van der Waals surface area contributed by atoms with Crippen LogP contribution in [0, 0.1) is 0 Å². The second-order valence-corrected chi connectivity index (χ2v) is 7.27. The Bertz CT molecular complexity index is 1090. The van der Waals surface area contributed by atoms with Gasteiger partial charge in [0, 0.05) is 31.2 Å². The molecule has 0 aliphatic carbocycles. The first-order valence-corrected chi connectivity index (χ1v) is 9.38. The zero-order chi connectivity index (χ0) is 19.0. The fraction of sp³-hybridized carbons (Fsp3) is 0.150. The molecule has 0 bridgehead atoms. The van der Waals surface area contributed by atoms with Crippen molar-refractivity contribution in [2.45, 2.75) is 6.42 Å². The zero-order valence-corrected chi connectivity index (χ0v) is 15.5. The molecule has 0 saturated carbocycles. The zero-order valence-electron chi connectivity index (χ0n) is 14.6. The third-order valence-electron chi connectivity index (χ3n) is 4.58. The third kappa shape index (κ3) is 3.17. The number of carbonyl (C=O) groups excluding carboxylic acids is 2. The number of nitrogens with one attached hydrogen (secondary N) is 1. The number of pyridine rings is 1. The number of anilines is 2. The number of aromatic nitrogens is 1. The van der Waals surface area contributed by atoms with E-state index in [-0.39, 0.29) is 17.0 Å². The number of nitrogens with zero attached hydrogens (tertiary/aromatic N) is 2. The summed E-state index contributed by atoms with van der Waals surface area (Å²) in [6.45, 7) is 0.614. The first-order valence-electron chi connectivity index (χ1n) is 8.50. The van der Waals surface area contributed by atoms with Crippen LogP contribution in [0.25, 0.3) is 0 Å². The lowest BCUT2D eigenvalue weighted by Gasteiger charge is -2.17. The number of hydrogen-bond acceptors (Lipinski definition) is 4. The van der Waals surface area contributed by atoms with Crippen LogP contribution in [0.5, 0.6) is 0 Å². The summed E-state index contributed by atoms with van der Waals surface area (Å²) in [6.07, 6.45) is 2.38. The minimum absolute atomic E-state index is 0.0378. The van der Waals surface area contributed by atoms with Gasteiger partial charge in [0.2, 0.25) is 0 Å². The number of amides is 2. The molecule has 2 amide bonds. The van der Waals surface area contributed by atoms with Crippen LogP contribution in [0.3, 0.4) is 0 Å². The molecule has 0 radical (unpaired) electrons. The molecular weight excluding hydrogens is 362 g/mol. The second-order valence-electron chi connectivity index (χ2n) is 6.32. The maximum absolute atomic E-state index is 12.7. The molecule has 0 fully saturated rings. The smallest absolute Gasteiger partial charge is 0.268 e. The molecule has 3 heterocycles. The summed E-state index contributed by atoms with van der Waals surface area (Å²) >= 11 is 1.41. The van der Waals surface area contributed by atoms with Gasteiger partial charge in [0.15, 0.2) is 0 Å². The maximum atomic E-state index is 12.7. The molecule has 6 nitrogen and oxygen atoms in total. The lowest BCUT2D eigenvalue weighted by molar-refractivity contribution is 0.0991. The van der Waals surface area contributed by atoms with E-state index in [9.17, 15) is 14.4 Å². The van der Waals surface area contributed by atoms with Gasteiger partial charge < -0.3 is 14.8 Å². The Morgan fingerprint density at radius 1 is 1.15 bits per heavy atom. The fourth-order valence-electron chi connectivity index (χ4n) is 3.17. The monoisotopic (exact) mass is 379 g/mol. The Kier molecular flexibility index (Phi) is 4.37. The molecular formula is C20H17N3O3S. The minimum Gasteiger partial charge on any atom is -0.322 e. The molecule has 1 aliphatic rings. The molecule has 0 unspecified atom stereocenters. The molecule has 2 aromatic heterocycles. The van der Waals surface area contributed by atoms with Crippen molar-refractivity contribution < 1.29 is 9.59 Å². The summed E-state index contributed by atoms with van der Waals surface area (Å²) in [7, 11) is 1.60. The van der Waals surface area contributed by atoms with Gasteiger partial charge in [0.1, 0.15) is 5.56 Å². The first-order chi connectivity index (χ1) is 13.0. The summed E-state index contributed by atoms with van der Waals surface area (Å²) in [5.41, 5.74) is 2.13. The minimum atomic E-state index is -0.467. The summed E-state index contributed by atoms with van der Waals surface area (Å²) in [5, 5.41) is 4.64. The van der Waals surface area contributed by atoms with Gasteiger partial charge in [0.05, 0.1) is 4.88 Å². The van der Waals surface area contributed by atoms with Gasteiger partial charge in [-0.3, -0.25) is 14.4 Å². The third-order valence-corrected chi connectivity index (χ3v) is 5.44. The number of thiophene rings is 1. The number of fused-ring (bicyclic) bond motifs is 1. The van der Waals surface area contributed by atoms with Crippen LogP contribution in [-0.2, 0) is 13.5 Å². The average Bonchev–Trinajstić information content (AvgIpc) is 3.33. The number of aryl methyl sites for hydroxylation is 1. The van der Waals surface area contributed by atoms with E-state index >= 15 is 0 Å². The molecule has 0 saturated heterocycles. The molecule has 3 aromatic rings. The van der Waals surface area contributed by atoms with Gasteiger partial charge in [0.25, 0.3) is 17.4 Å². The number of hydrogen-bond donors (Lipinski definition) is 1.